The Bertz CT molecular complexity index is 563. The second-order valence-electron chi connectivity index (χ2n) is 5.39. The largest absolute Gasteiger partial charge is 0.347 e. The first-order chi connectivity index (χ1) is 9.61. The first-order valence-electron chi connectivity index (χ1n) is 7.11. The summed E-state index contributed by atoms with van der Waals surface area (Å²) in [6, 6.07) is 6.70. The van der Waals surface area contributed by atoms with E-state index >= 15 is 0 Å². The van der Waals surface area contributed by atoms with E-state index in [2.05, 4.69) is 48.3 Å². The highest BCUT2D eigenvalue weighted by Gasteiger charge is 2.09. The van der Waals surface area contributed by atoms with Crippen LogP contribution in [0.3, 0.4) is 0 Å². The van der Waals surface area contributed by atoms with Crippen LogP contribution in [0.5, 0.6) is 0 Å². The fraction of sp³-hybridized carbons (Fsp3) is 0.500. The van der Waals surface area contributed by atoms with Crippen molar-refractivity contribution in [1.29, 1.82) is 0 Å². The lowest BCUT2D eigenvalue weighted by atomic mass is 10.1. The topological polar surface area (TPSA) is 17.0 Å². The van der Waals surface area contributed by atoms with Crippen molar-refractivity contribution in [2.75, 3.05) is 12.0 Å². The van der Waals surface area contributed by atoms with Crippen molar-refractivity contribution in [3.05, 3.63) is 35.0 Å². The van der Waals surface area contributed by atoms with Crippen molar-refractivity contribution < 1.29 is 0 Å². The van der Waals surface area contributed by atoms with Crippen LogP contribution in [0, 0.1) is 0 Å². The second-order valence-corrected chi connectivity index (χ2v) is 6.81. The van der Waals surface area contributed by atoms with Crippen LogP contribution in [0.25, 0.3) is 10.9 Å². The lowest BCUT2D eigenvalue weighted by Gasteiger charge is -2.06. The van der Waals surface area contributed by atoms with Crippen LogP contribution < -0.4 is 5.32 Å². The summed E-state index contributed by atoms with van der Waals surface area (Å²) in [5.74, 6) is 1.19. The minimum Gasteiger partial charge on any atom is -0.347 e. The van der Waals surface area contributed by atoms with Crippen LogP contribution in [-0.2, 0) is 13.1 Å². The van der Waals surface area contributed by atoms with Gasteiger partial charge in [-0.2, -0.15) is 11.8 Å². The first kappa shape index (κ1) is 15.7. The smallest absolute Gasteiger partial charge is 0.0498 e. The van der Waals surface area contributed by atoms with Crippen molar-refractivity contribution in [3.63, 3.8) is 0 Å². The zero-order chi connectivity index (χ0) is 14.5. The van der Waals surface area contributed by atoms with Gasteiger partial charge in [-0.05, 0) is 36.1 Å². The number of hydrogen-bond acceptors (Lipinski definition) is 2. The van der Waals surface area contributed by atoms with Gasteiger partial charge in [-0.1, -0.05) is 31.5 Å². The Kier molecular flexibility index (Phi) is 5.82. The summed E-state index contributed by atoms with van der Waals surface area (Å²) < 4.78 is 2.34. The molecule has 0 aliphatic rings. The molecule has 0 saturated carbocycles. The summed E-state index contributed by atoms with van der Waals surface area (Å²) >= 11 is 8.05. The summed E-state index contributed by atoms with van der Waals surface area (Å²) in [6.07, 6.45) is 5.62. The molecule has 1 heterocycles. The lowest BCUT2D eigenvalue weighted by molar-refractivity contribution is 0.588. The summed E-state index contributed by atoms with van der Waals surface area (Å²) in [5.41, 5.74) is 2.61. The molecule has 0 aliphatic carbocycles. The molecule has 4 heteroatoms. The molecular formula is C16H23ClN2S. The predicted octanol–water partition coefficient (Wildman–Crippen LogP) is 4.55. The van der Waals surface area contributed by atoms with Crippen LogP contribution in [0.4, 0.5) is 0 Å². The molecule has 2 nitrogen and oxygen atoms in total. The SMILES string of the molecule is CSCCCn1cc(CNC(C)C)c2ccc(Cl)cc21. The first-order valence-corrected chi connectivity index (χ1v) is 8.88. The zero-order valence-electron chi connectivity index (χ0n) is 12.4. The van der Waals surface area contributed by atoms with Crippen molar-refractivity contribution in [3.8, 4) is 0 Å². The number of aromatic nitrogens is 1. The van der Waals surface area contributed by atoms with Gasteiger partial charge in [0.25, 0.3) is 0 Å². The average molecular weight is 311 g/mol. The molecule has 2 aromatic rings. The molecule has 20 heavy (non-hydrogen) atoms. The summed E-state index contributed by atoms with van der Waals surface area (Å²) in [7, 11) is 0. The van der Waals surface area contributed by atoms with Crippen LogP contribution in [0.1, 0.15) is 25.8 Å². The van der Waals surface area contributed by atoms with E-state index in [0.717, 1.165) is 18.1 Å². The van der Waals surface area contributed by atoms with Crippen molar-refractivity contribution in [2.24, 2.45) is 0 Å². The van der Waals surface area contributed by atoms with Crippen molar-refractivity contribution in [2.45, 2.75) is 39.4 Å². The molecule has 1 N–H and O–H groups in total. The van der Waals surface area contributed by atoms with Gasteiger partial charge in [0.2, 0.25) is 0 Å². The van der Waals surface area contributed by atoms with E-state index in [1.54, 1.807) is 0 Å². The number of thioether (sulfide) groups is 1. The lowest BCUT2D eigenvalue weighted by Crippen LogP contribution is -2.21. The minimum absolute atomic E-state index is 0.497. The van der Waals surface area contributed by atoms with Gasteiger partial charge in [-0.25, -0.2) is 0 Å². The highest BCUT2D eigenvalue weighted by atomic mass is 35.5. The van der Waals surface area contributed by atoms with E-state index in [9.17, 15) is 0 Å². The normalized spacial score (nSPS) is 11.7. The number of fused-ring (bicyclic) bond motifs is 1. The Balaban J connectivity index is 2.28. The Morgan fingerprint density at radius 2 is 2.15 bits per heavy atom. The maximum Gasteiger partial charge on any atom is 0.0498 e. The minimum atomic E-state index is 0.497. The molecule has 2 rings (SSSR count). The fourth-order valence-corrected chi connectivity index (χ4v) is 2.94. The summed E-state index contributed by atoms with van der Waals surface area (Å²) in [6.45, 7) is 6.31. The molecular weight excluding hydrogens is 288 g/mol. The molecule has 0 atom stereocenters. The molecule has 0 saturated heterocycles. The molecule has 110 valence electrons. The van der Waals surface area contributed by atoms with E-state index in [1.807, 2.05) is 17.8 Å². The number of nitrogens with one attached hydrogen (secondary N) is 1. The van der Waals surface area contributed by atoms with Crippen molar-refractivity contribution >= 4 is 34.3 Å². The third-order valence-electron chi connectivity index (χ3n) is 3.38. The van der Waals surface area contributed by atoms with Crippen LogP contribution in [-0.4, -0.2) is 22.6 Å². The third kappa shape index (κ3) is 3.94. The summed E-state index contributed by atoms with van der Waals surface area (Å²) in [5, 5.41) is 5.62. The Labute approximate surface area is 130 Å². The maximum atomic E-state index is 6.16. The Morgan fingerprint density at radius 3 is 2.85 bits per heavy atom. The highest BCUT2D eigenvalue weighted by molar-refractivity contribution is 7.98. The highest BCUT2D eigenvalue weighted by Crippen LogP contribution is 2.25. The third-order valence-corrected chi connectivity index (χ3v) is 4.31. The number of hydrogen-bond donors (Lipinski definition) is 1. The predicted molar refractivity (Wildman–Crippen MR) is 91.9 cm³/mol. The molecule has 0 spiro atoms. The number of benzene rings is 1. The van der Waals surface area contributed by atoms with Crippen LogP contribution >= 0.6 is 23.4 Å². The monoisotopic (exact) mass is 310 g/mol. The molecule has 0 fully saturated rings. The fourth-order valence-electron chi connectivity index (χ4n) is 2.36. The molecule has 0 amide bonds. The van der Waals surface area contributed by atoms with E-state index < -0.39 is 0 Å². The average Bonchev–Trinajstić information content (AvgIpc) is 2.74. The number of rotatable bonds is 7. The molecule has 1 aromatic heterocycles. The molecule has 1 aromatic carbocycles. The second kappa shape index (κ2) is 7.39. The number of halogens is 1. The van der Waals surface area contributed by atoms with Gasteiger partial charge >= 0.3 is 0 Å². The van der Waals surface area contributed by atoms with Crippen LogP contribution in [0.15, 0.2) is 24.4 Å². The number of aryl methyl sites for hydroxylation is 1. The Morgan fingerprint density at radius 1 is 1.35 bits per heavy atom. The van der Waals surface area contributed by atoms with E-state index in [-0.39, 0.29) is 0 Å². The van der Waals surface area contributed by atoms with Crippen molar-refractivity contribution in [1.82, 2.24) is 9.88 Å². The van der Waals surface area contributed by atoms with E-state index in [1.165, 1.54) is 28.6 Å². The molecule has 0 radical (unpaired) electrons. The van der Waals surface area contributed by atoms with Gasteiger partial charge in [-0.15, -0.1) is 0 Å². The standard InChI is InChI=1S/C16H23ClN2S/c1-12(2)18-10-13-11-19(7-4-8-20-3)16-9-14(17)5-6-15(13)16/h5-6,9,11-12,18H,4,7-8,10H2,1-3H3. The van der Waals surface area contributed by atoms with E-state index in [4.69, 9.17) is 11.6 Å². The van der Waals surface area contributed by atoms with Gasteiger partial charge in [0.1, 0.15) is 0 Å². The molecule has 0 bridgehead atoms. The molecule has 0 unspecified atom stereocenters. The van der Waals surface area contributed by atoms with Crippen LogP contribution in [0.2, 0.25) is 5.02 Å². The van der Waals surface area contributed by atoms with Gasteiger partial charge in [0, 0.05) is 41.3 Å². The molecule has 0 aliphatic heterocycles. The zero-order valence-corrected chi connectivity index (χ0v) is 14.0. The van der Waals surface area contributed by atoms with E-state index in [0.29, 0.717) is 6.04 Å². The van der Waals surface area contributed by atoms with Gasteiger partial charge in [-0.3, -0.25) is 0 Å². The van der Waals surface area contributed by atoms with Gasteiger partial charge in [0.15, 0.2) is 0 Å². The Hall–Kier alpha value is -0.640. The van der Waals surface area contributed by atoms with Gasteiger partial charge < -0.3 is 9.88 Å². The summed E-state index contributed by atoms with van der Waals surface area (Å²) in [4.78, 5) is 0. The maximum absolute atomic E-state index is 6.16. The van der Waals surface area contributed by atoms with Gasteiger partial charge in [0.05, 0.1) is 0 Å². The number of nitrogens with zero attached hydrogens (tertiary/aromatic N) is 1. The quantitative estimate of drug-likeness (QED) is 0.756.